The standard InChI is InChI=1S/C21H18FN3O/c22-16-9-7-14(8-10-16)21-24-18(15-4-3-11-23-13-15)12-19(25-21)17-5-1-2-6-20(17)26/h1-11,13,18,21,24,26H,12H2. The molecule has 0 amide bonds. The second kappa shape index (κ2) is 7.06. The summed E-state index contributed by atoms with van der Waals surface area (Å²) in [6, 6.07) is 17.4. The topological polar surface area (TPSA) is 57.5 Å². The molecule has 2 aromatic carbocycles. The van der Waals surface area contributed by atoms with Gasteiger partial charge in [0.1, 0.15) is 17.7 Å². The van der Waals surface area contributed by atoms with Crippen LogP contribution >= 0.6 is 0 Å². The number of phenols is 1. The Hall–Kier alpha value is -3.05. The molecule has 0 bridgehead atoms. The smallest absolute Gasteiger partial charge is 0.126 e. The number of hydrogen-bond acceptors (Lipinski definition) is 4. The van der Waals surface area contributed by atoms with Gasteiger partial charge in [-0.15, -0.1) is 0 Å². The first-order valence-electron chi connectivity index (χ1n) is 8.47. The molecule has 0 radical (unpaired) electrons. The van der Waals surface area contributed by atoms with Crippen LogP contribution in [0, 0.1) is 5.82 Å². The molecule has 5 heteroatoms. The van der Waals surface area contributed by atoms with E-state index < -0.39 is 0 Å². The SMILES string of the molecule is Oc1ccccc1C1=NC(c2ccc(F)cc2)NC(c2cccnc2)C1. The minimum atomic E-state index is -0.329. The zero-order valence-corrected chi connectivity index (χ0v) is 14.0. The molecule has 0 spiro atoms. The summed E-state index contributed by atoms with van der Waals surface area (Å²) in [5.41, 5.74) is 3.44. The second-order valence-electron chi connectivity index (χ2n) is 6.26. The Bertz CT molecular complexity index is 926. The van der Waals surface area contributed by atoms with Gasteiger partial charge >= 0.3 is 0 Å². The van der Waals surface area contributed by atoms with Crippen molar-refractivity contribution in [3.63, 3.8) is 0 Å². The molecule has 2 unspecified atom stereocenters. The van der Waals surface area contributed by atoms with Crippen LogP contribution in [-0.2, 0) is 0 Å². The van der Waals surface area contributed by atoms with Gasteiger partial charge in [-0.2, -0.15) is 0 Å². The molecule has 2 atom stereocenters. The van der Waals surface area contributed by atoms with E-state index in [9.17, 15) is 9.50 Å². The van der Waals surface area contributed by atoms with Gasteiger partial charge in [0.2, 0.25) is 0 Å². The van der Waals surface area contributed by atoms with E-state index in [1.54, 1.807) is 30.5 Å². The predicted molar refractivity (Wildman–Crippen MR) is 98.5 cm³/mol. The third-order valence-corrected chi connectivity index (χ3v) is 4.53. The maximum atomic E-state index is 13.3. The Morgan fingerprint density at radius 2 is 1.77 bits per heavy atom. The second-order valence-corrected chi connectivity index (χ2v) is 6.26. The summed E-state index contributed by atoms with van der Waals surface area (Å²) in [5.74, 6) is -0.0748. The number of halogens is 1. The third kappa shape index (κ3) is 3.34. The minimum absolute atomic E-state index is 0.00846. The lowest BCUT2D eigenvalue weighted by atomic mass is 9.94. The normalized spacial score (nSPS) is 19.8. The van der Waals surface area contributed by atoms with Crippen molar-refractivity contribution in [3.05, 3.63) is 95.6 Å². The summed E-state index contributed by atoms with van der Waals surface area (Å²) in [7, 11) is 0. The predicted octanol–water partition coefficient (Wildman–Crippen LogP) is 4.15. The zero-order chi connectivity index (χ0) is 17.9. The van der Waals surface area contributed by atoms with Crippen molar-refractivity contribution >= 4 is 5.71 Å². The van der Waals surface area contributed by atoms with Gasteiger partial charge in [-0.3, -0.25) is 15.3 Å². The van der Waals surface area contributed by atoms with E-state index in [1.165, 1.54) is 12.1 Å². The highest BCUT2D eigenvalue weighted by atomic mass is 19.1. The third-order valence-electron chi connectivity index (χ3n) is 4.53. The van der Waals surface area contributed by atoms with Gasteiger partial charge in [-0.05, 0) is 41.5 Å². The van der Waals surface area contributed by atoms with Crippen molar-refractivity contribution in [2.24, 2.45) is 4.99 Å². The van der Waals surface area contributed by atoms with E-state index in [0.717, 1.165) is 22.4 Å². The first-order chi connectivity index (χ1) is 12.7. The largest absolute Gasteiger partial charge is 0.507 e. The molecule has 1 aromatic heterocycles. The van der Waals surface area contributed by atoms with Gasteiger partial charge in [-0.1, -0.05) is 30.3 Å². The fraction of sp³-hybridized carbons (Fsp3) is 0.143. The lowest BCUT2D eigenvalue weighted by Gasteiger charge is -2.30. The van der Waals surface area contributed by atoms with Crippen molar-refractivity contribution in [2.45, 2.75) is 18.6 Å². The number of aromatic hydroxyl groups is 1. The lowest BCUT2D eigenvalue weighted by Crippen LogP contribution is -2.33. The molecule has 0 saturated heterocycles. The highest BCUT2D eigenvalue weighted by Gasteiger charge is 2.27. The van der Waals surface area contributed by atoms with Crippen molar-refractivity contribution in [3.8, 4) is 5.75 Å². The molecule has 2 N–H and O–H groups in total. The molecular weight excluding hydrogens is 329 g/mol. The number of phenolic OH excluding ortho intramolecular Hbond substituents is 1. The van der Waals surface area contributed by atoms with Gasteiger partial charge in [0, 0.05) is 30.4 Å². The molecule has 2 heterocycles. The average Bonchev–Trinajstić information content (AvgIpc) is 2.69. The van der Waals surface area contributed by atoms with Crippen molar-refractivity contribution < 1.29 is 9.50 Å². The molecule has 0 aliphatic carbocycles. The van der Waals surface area contributed by atoms with E-state index in [2.05, 4.69) is 10.3 Å². The van der Waals surface area contributed by atoms with Gasteiger partial charge in [0.05, 0.1) is 5.71 Å². The summed E-state index contributed by atoms with van der Waals surface area (Å²) >= 11 is 0. The summed E-state index contributed by atoms with van der Waals surface area (Å²) in [6.07, 6.45) is 3.86. The Labute approximate surface area is 151 Å². The number of aromatic nitrogens is 1. The molecule has 3 aromatic rings. The first-order valence-corrected chi connectivity index (χ1v) is 8.47. The van der Waals surface area contributed by atoms with Crippen LogP contribution in [0.25, 0.3) is 0 Å². The minimum Gasteiger partial charge on any atom is -0.507 e. The molecule has 1 aliphatic rings. The van der Waals surface area contributed by atoms with Gasteiger partial charge < -0.3 is 5.11 Å². The van der Waals surface area contributed by atoms with E-state index in [0.29, 0.717) is 6.42 Å². The van der Waals surface area contributed by atoms with Gasteiger partial charge in [-0.25, -0.2) is 4.39 Å². The number of benzene rings is 2. The number of nitrogens with one attached hydrogen (secondary N) is 1. The van der Waals surface area contributed by atoms with Crippen LogP contribution in [0.2, 0.25) is 0 Å². The summed E-state index contributed by atoms with van der Waals surface area (Å²) in [6.45, 7) is 0. The molecule has 26 heavy (non-hydrogen) atoms. The van der Waals surface area contributed by atoms with Crippen LogP contribution in [0.3, 0.4) is 0 Å². The molecule has 0 saturated carbocycles. The van der Waals surface area contributed by atoms with Crippen molar-refractivity contribution in [1.82, 2.24) is 10.3 Å². The van der Waals surface area contributed by atoms with E-state index in [1.807, 2.05) is 30.5 Å². The maximum absolute atomic E-state index is 13.3. The monoisotopic (exact) mass is 347 g/mol. The first kappa shape index (κ1) is 16.4. The summed E-state index contributed by atoms with van der Waals surface area (Å²) in [5, 5.41) is 13.7. The van der Waals surface area contributed by atoms with Crippen LogP contribution in [0.5, 0.6) is 5.75 Å². The van der Waals surface area contributed by atoms with Gasteiger partial charge in [0.25, 0.3) is 0 Å². The molecule has 130 valence electrons. The van der Waals surface area contributed by atoms with E-state index in [-0.39, 0.29) is 23.8 Å². The number of para-hydroxylation sites is 1. The van der Waals surface area contributed by atoms with Crippen LogP contribution in [0.1, 0.15) is 35.3 Å². The fourth-order valence-electron chi connectivity index (χ4n) is 3.20. The van der Waals surface area contributed by atoms with Crippen LogP contribution < -0.4 is 5.32 Å². The molecule has 4 nitrogen and oxygen atoms in total. The quantitative estimate of drug-likeness (QED) is 0.748. The number of nitrogens with zero attached hydrogens (tertiary/aromatic N) is 2. The van der Waals surface area contributed by atoms with Gasteiger partial charge in [0.15, 0.2) is 0 Å². The van der Waals surface area contributed by atoms with E-state index in [4.69, 9.17) is 4.99 Å². The summed E-state index contributed by atoms with van der Waals surface area (Å²) in [4.78, 5) is 9.00. The van der Waals surface area contributed by atoms with Crippen LogP contribution in [0.15, 0.2) is 78.0 Å². The average molecular weight is 347 g/mol. The Morgan fingerprint density at radius 3 is 2.50 bits per heavy atom. The van der Waals surface area contributed by atoms with E-state index >= 15 is 0 Å². The number of pyridine rings is 1. The molecule has 0 fully saturated rings. The fourth-order valence-corrected chi connectivity index (χ4v) is 3.20. The van der Waals surface area contributed by atoms with Crippen molar-refractivity contribution in [2.75, 3.05) is 0 Å². The highest BCUT2D eigenvalue weighted by Crippen LogP contribution is 2.32. The summed E-state index contributed by atoms with van der Waals surface area (Å²) < 4.78 is 13.3. The van der Waals surface area contributed by atoms with Crippen LogP contribution in [-0.4, -0.2) is 15.8 Å². The molecular formula is C21H18FN3O. The lowest BCUT2D eigenvalue weighted by molar-refractivity contribution is 0.438. The molecule has 4 rings (SSSR count). The number of rotatable bonds is 3. The maximum Gasteiger partial charge on any atom is 0.126 e. The highest BCUT2D eigenvalue weighted by molar-refractivity contribution is 6.03. The Balaban J connectivity index is 1.75. The number of aliphatic imine (C=N–C) groups is 1. The van der Waals surface area contributed by atoms with Crippen LogP contribution in [0.4, 0.5) is 4.39 Å². The van der Waals surface area contributed by atoms with Crippen molar-refractivity contribution in [1.29, 1.82) is 0 Å². The Kier molecular flexibility index (Phi) is 4.46. The Morgan fingerprint density at radius 1 is 0.962 bits per heavy atom. The zero-order valence-electron chi connectivity index (χ0n) is 14.0. The number of hydrogen-bond donors (Lipinski definition) is 2. The molecule has 1 aliphatic heterocycles.